The Balaban J connectivity index is 2.19. The quantitative estimate of drug-likeness (QED) is 0.798. The minimum absolute atomic E-state index is 0.00745. The molecule has 0 saturated heterocycles. The minimum Gasteiger partial charge on any atom is -0.481 e. The molecule has 1 aromatic heterocycles. The van der Waals surface area contributed by atoms with Crippen LogP contribution in [-0.2, 0) is 4.79 Å². The van der Waals surface area contributed by atoms with Gasteiger partial charge < -0.3 is 10.8 Å². The van der Waals surface area contributed by atoms with Gasteiger partial charge in [-0.25, -0.2) is 4.68 Å². The average molecular weight is 234 g/mol. The number of carbonyl (C=O) groups is 1. The van der Waals surface area contributed by atoms with Crippen molar-refractivity contribution < 1.29 is 9.90 Å². The predicted octanol–water partition coefficient (Wildman–Crippen LogP) is 1.15. The van der Waals surface area contributed by atoms with Gasteiger partial charge in [0, 0.05) is 0 Å². The molecule has 0 bridgehead atoms. The first-order chi connectivity index (χ1) is 8.13. The van der Waals surface area contributed by atoms with Crippen LogP contribution in [0.3, 0.4) is 0 Å². The molecule has 1 aromatic rings. The van der Waals surface area contributed by atoms with Gasteiger partial charge in [-0.15, -0.1) is 0 Å². The van der Waals surface area contributed by atoms with Gasteiger partial charge in [0.05, 0.1) is 18.2 Å². The summed E-state index contributed by atoms with van der Waals surface area (Å²) in [5.74, 6) is -0.757. The van der Waals surface area contributed by atoms with E-state index < -0.39 is 5.97 Å². The largest absolute Gasteiger partial charge is 0.481 e. The number of rotatable bonds is 2. The van der Waals surface area contributed by atoms with E-state index in [0.717, 1.165) is 12.8 Å². The molecule has 0 aliphatic heterocycles. The van der Waals surface area contributed by atoms with Gasteiger partial charge >= 0.3 is 5.97 Å². The van der Waals surface area contributed by atoms with Gasteiger partial charge in [-0.1, -0.05) is 6.42 Å². The standard InChI is InChI=1S/C11H14N4O2/c12-5-8-6-14-15(10(8)13)9-3-1-2-7(4-9)11(16)17/h6-7,9H,1-4,13H2,(H,16,17). The highest BCUT2D eigenvalue weighted by atomic mass is 16.4. The number of carboxylic acid groups (broad SMARTS) is 1. The third-order valence-electron chi connectivity index (χ3n) is 3.30. The first-order valence-corrected chi connectivity index (χ1v) is 5.59. The normalized spacial score (nSPS) is 24.2. The predicted molar refractivity (Wildman–Crippen MR) is 60.0 cm³/mol. The second-order valence-corrected chi connectivity index (χ2v) is 4.36. The molecule has 1 fully saturated rings. The molecule has 0 amide bonds. The number of nitrogens with two attached hydrogens (primary N) is 1. The third-order valence-corrected chi connectivity index (χ3v) is 3.30. The van der Waals surface area contributed by atoms with E-state index in [1.807, 2.05) is 6.07 Å². The summed E-state index contributed by atoms with van der Waals surface area (Å²) in [6.45, 7) is 0. The molecule has 2 atom stereocenters. The molecule has 0 spiro atoms. The number of nitrogen functional groups attached to an aromatic ring is 1. The summed E-state index contributed by atoms with van der Waals surface area (Å²) < 4.78 is 1.59. The van der Waals surface area contributed by atoms with E-state index in [4.69, 9.17) is 16.1 Å². The number of aromatic nitrogens is 2. The topological polar surface area (TPSA) is 105 Å². The molecule has 6 nitrogen and oxygen atoms in total. The smallest absolute Gasteiger partial charge is 0.306 e. The van der Waals surface area contributed by atoms with Crippen LogP contribution in [0.2, 0.25) is 0 Å². The van der Waals surface area contributed by atoms with Crippen LogP contribution >= 0.6 is 0 Å². The van der Waals surface area contributed by atoms with Gasteiger partial charge in [-0.3, -0.25) is 4.79 Å². The number of nitrogens with zero attached hydrogens (tertiary/aromatic N) is 3. The Morgan fingerprint density at radius 2 is 2.41 bits per heavy atom. The van der Waals surface area contributed by atoms with E-state index in [0.29, 0.717) is 24.2 Å². The van der Waals surface area contributed by atoms with Crippen LogP contribution in [0.25, 0.3) is 0 Å². The number of aliphatic carboxylic acids is 1. The third kappa shape index (κ3) is 2.09. The van der Waals surface area contributed by atoms with E-state index in [2.05, 4.69) is 5.10 Å². The van der Waals surface area contributed by atoms with Crippen LogP contribution < -0.4 is 5.73 Å². The molecular weight excluding hydrogens is 220 g/mol. The lowest BCUT2D eigenvalue weighted by atomic mass is 9.86. The van der Waals surface area contributed by atoms with E-state index in [9.17, 15) is 4.79 Å². The van der Waals surface area contributed by atoms with Crippen molar-refractivity contribution in [1.29, 1.82) is 5.26 Å². The van der Waals surface area contributed by atoms with E-state index in [1.165, 1.54) is 6.20 Å². The Labute approximate surface area is 98.6 Å². The van der Waals surface area contributed by atoms with Crippen LogP contribution in [0.5, 0.6) is 0 Å². The molecular formula is C11H14N4O2. The monoisotopic (exact) mass is 234 g/mol. The number of carboxylic acids is 1. The van der Waals surface area contributed by atoms with Crippen LogP contribution in [0.1, 0.15) is 37.3 Å². The summed E-state index contributed by atoms with van der Waals surface area (Å²) in [4.78, 5) is 11.0. The lowest BCUT2D eigenvalue weighted by Crippen LogP contribution is -2.25. The van der Waals surface area contributed by atoms with Gasteiger partial charge in [0.15, 0.2) is 0 Å². The molecule has 6 heteroatoms. The van der Waals surface area contributed by atoms with Gasteiger partial charge in [-0.05, 0) is 19.3 Å². The molecule has 1 aliphatic carbocycles. The first-order valence-electron chi connectivity index (χ1n) is 5.59. The molecule has 2 unspecified atom stereocenters. The summed E-state index contributed by atoms with van der Waals surface area (Å²) in [5, 5.41) is 21.9. The summed E-state index contributed by atoms with van der Waals surface area (Å²) in [6, 6.07) is 1.96. The van der Waals surface area contributed by atoms with Gasteiger partial charge in [0.25, 0.3) is 0 Å². The number of nitriles is 1. The van der Waals surface area contributed by atoms with Crippen molar-refractivity contribution in [3.8, 4) is 6.07 Å². The Bertz CT molecular complexity index is 474. The molecule has 90 valence electrons. The Morgan fingerprint density at radius 3 is 3.00 bits per heavy atom. The van der Waals surface area contributed by atoms with Gasteiger partial charge in [0.2, 0.25) is 0 Å². The van der Waals surface area contributed by atoms with E-state index in [1.54, 1.807) is 4.68 Å². The first kappa shape index (κ1) is 11.5. The summed E-state index contributed by atoms with van der Waals surface area (Å²) >= 11 is 0. The molecule has 2 rings (SSSR count). The highest BCUT2D eigenvalue weighted by Gasteiger charge is 2.29. The van der Waals surface area contributed by atoms with Crippen molar-refractivity contribution in [1.82, 2.24) is 9.78 Å². The molecule has 0 radical (unpaired) electrons. The molecule has 0 aromatic carbocycles. The van der Waals surface area contributed by atoms with Gasteiger partial charge in [-0.2, -0.15) is 10.4 Å². The lowest BCUT2D eigenvalue weighted by molar-refractivity contribution is -0.143. The number of hydrogen-bond donors (Lipinski definition) is 2. The maximum atomic E-state index is 11.0. The van der Waals surface area contributed by atoms with Crippen LogP contribution in [0.4, 0.5) is 5.82 Å². The minimum atomic E-state index is -0.763. The van der Waals surface area contributed by atoms with Crippen molar-refractivity contribution in [2.75, 3.05) is 5.73 Å². The van der Waals surface area contributed by atoms with E-state index >= 15 is 0 Å². The summed E-state index contributed by atoms with van der Waals surface area (Å²) in [6.07, 6.45) is 4.38. The molecule has 3 N–H and O–H groups in total. The van der Waals surface area contributed by atoms with Crippen molar-refractivity contribution >= 4 is 11.8 Å². The zero-order valence-corrected chi connectivity index (χ0v) is 9.33. The number of hydrogen-bond acceptors (Lipinski definition) is 4. The Kier molecular flexibility index (Phi) is 3.00. The fourth-order valence-corrected chi connectivity index (χ4v) is 2.36. The van der Waals surface area contributed by atoms with Crippen LogP contribution in [0, 0.1) is 17.2 Å². The zero-order valence-electron chi connectivity index (χ0n) is 9.33. The fraction of sp³-hybridized carbons (Fsp3) is 0.545. The maximum Gasteiger partial charge on any atom is 0.306 e. The highest BCUT2D eigenvalue weighted by molar-refractivity contribution is 5.70. The lowest BCUT2D eigenvalue weighted by Gasteiger charge is -2.27. The van der Waals surface area contributed by atoms with E-state index in [-0.39, 0.29) is 12.0 Å². The summed E-state index contributed by atoms with van der Waals surface area (Å²) in [5.41, 5.74) is 6.15. The maximum absolute atomic E-state index is 11.0. The molecule has 1 saturated carbocycles. The highest BCUT2D eigenvalue weighted by Crippen LogP contribution is 2.34. The van der Waals surface area contributed by atoms with Crippen molar-refractivity contribution in [3.63, 3.8) is 0 Å². The molecule has 1 heterocycles. The molecule has 17 heavy (non-hydrogen) atoms. The summed E-state index contributed by atoms with van der Waals surface area (Å²) in [7, 11) is 0. The Morgan fingerprint density at radius 1 is 1.65 bits per heavy atom. The SMILES string of the molecule is N#Cc1cnn(C2CCCC(C(=O)O)C2)c1N. The molecule has 1 aliphatic rings. The van der Waals surface area contributed by atoms with Crippen molar-refractivity contribution in [3.05, 3.63) is 11.8 Å². The van der Waals surface area contributed by atoms with Crippen LogP contribution in [-0.4, -0.2) is 20.9 Å². The number of anilines is 1. The fourth-order valence-electron chi connectivity index (χ4n) is 2.36. The zero-order chi connectivity index (χ0) is 12.4. The van der Waals surface area contributed by atoms with Gasteiger partial charge in [0.1, 0.15) is 17.5 Å². The second-order valence-electron chi connectivity index (χ2n) is 4.36. The Hall–Kier alpha value is -2.03. The van der Waals surface area contributed by atoms with Crippen molar-refractivity contribution in [2.45, 2.75) is 31.7 Å². The second kappa shape index (κ2) is 4.45. The average Bonchev–Trinajstić information content (AvgIpc) is 2.70. The van der Waals surface area contributed by atoms with Crippen molar-refractivity contribution in [2.24, 2.45) is 5.92 Å². The van der Waals surface area contributed by atoms with Crippen LogP contribution in [0.15, 0.2) is 6.20 Å².